The Hall–Kier alpha value is -3.56. The maximum absolute atomic E-state index is 13.0. The maximum atomic E-state index is 13.0. The minimum Gasteiger partial charge on any atom is -0.479 e. The van der Waals surface area contributed by atoms with Crippen LogP contribution < -0.4 is 10.6 Å². The van der Waals surface area contributed by atoms with Crippen molar-refractivity contribution >= 4 is 18.0 Å². The third kappa shape index (κ3) is 5.16. The third-order valence-electron chi connectivity index (χ3n) is 5.86. The molecule has 10 heteroatoms. The number of carboxylic acids is 1. The molecule has 2 amide bonds. The molecule has 0 fully saturated rings. The van der Waals surface area contributed by atoms with Crippen molar-refractivity contribution in [1.82, 2.24) is 10.6 Å². The maximum Gasteiger partial charge on any atom is 0.422 e. The molecule has 1 aliphatic rings. The molecule has 1 aliphatic carbocycles. The number of alkyl halides is 3. The van der Waals surface area contributed by atoms with Gasteiger partial charge in [0, 0.05) is 18.9 Å². The van der Waals surface area contributed by atoms with Crippen LogP contribution in [-0.4, -0.2) is 47.9 Å². The topological polar surface area (TPSA) is 105 Å². The molecule has 0 bridgehead atoms. The zero-order valence-electron chi connectivity index (χ0n) is 18.6. The number of fused-ring (bicyclic) bond motifs is 3. The van der Waals surface area contributed by atoms with Crippen LogP contribution in [-0.2, 0) is 14.3 Å². The van der Waals surface area contributed by atoms with E-state index in [0.717, 1.165) is 22.3 Å². The molecule has 2 aromatic carbocycles. The average molecular weight is 478 g/mol. The van der Waals surface area contributed by atoms with Gasteiger partial charge in [-0.15, -0.1) is 0 Å². The van der Waals surface area contributed by atoms with E-state index in [1.54, 1.807) is 0 Å². The number of halogens is 3. The number of carboxylic acid groups (broad SMARTS) is 1. The molecule has 0 saturated carbocycles. The number of hydrogen-bond donors (Lipinski definition) is 3. The van der Waals surface area contributed by atoms with Gasteiger partial charge < -0.3 is 20.5 Å². The summed E-state index contributed by atoms with van der Waals surface area (Å²) in [7, 11) is 0. The lowest BCUT2D eigenvalue weighted by molar-refractivity contribution is -0.207. The van der Waals surface area contributed by atoms with Crippen molar-refractivity contribution in [1.29, 1.82) is 0 Å². The van der Waals surface area contributed by atoms with Crippen molar-refractivity contribution in [2.45, 2.75) is 37.9 Å². The smallest absolute Gasteiger partial charge is 0.422 e. The van der Waals surface area contributed by atoms with Gasteiger partial charge in [-0.25, -0.2) is 9.59 Å². The SMILES string of the molecule is CC(CNC(=O)OCC1c2ccccc2-c2ccccc21)CC(=O)NC(C)(C(=O)O)C(F)(F)F. The number of amides is 2. The molecule has 0 aromatic heterocycles. The Bertz CT molecular complexity index is 1040. The molecular weight excluding hydrogens is 453 g/mol. The molecular formula is C24H25F3N2O5. The zero-order valence-corrected chi connectivity index (χ0v) is 18.6. The first kappa shape index (κ1) is 25.1. The Labute approximate surface area is 194 Å². The van der Waals surface area contributed by atoms with Crippen LogP contribution in [0.5, 0.6) is 0 Å². The molecule has 7 nitrogen and oxygen atoms in total. The lowest BCUT2D eigenvalue weighted by Crippen LogP contribution is -2.62. The predicted molar refractivity (Wildman–Crippen MR) is 117 cm³/mol. The van der Waals surface area contributed by atoms with E-state index in [-0.39, 0.29) is 19.1 Å². The number of alkyl carbamates (subject to hydrolysis) is 1. The quantitative estimate of drug-likeness (QED) is 0.531. The van der Waals surface area contributed by atoms with Crippen LogP contribution in [0.25, 0.3) is 11.1 Å². The van der Waals surface area contributed by atoms with Gasteiger partial charge >= 0.3 is 18.2 Å². The molecule has 0 saturated heterocycles. The van der Waals surface area contributed by atoms with E-state index in [9.17, 15) is 27.6 Å². The molecule has 3 N–H and O–H groups in total. The Morgan fingerprint density at radius 1 is 1.03 bits per heavy atom. The fraction of sp³-hybridized carbons (Fsp3) is 0.375. The summed E-state index contributed by atoms with van der Waals surface area (Å²) in [5.41, 5.74) is 0.864. The molecule has 2 atom stereocenters. The van der Waals surface area contributed by atoms with Crippen LogP contribution >= 0.6 is 0 Å². The highest BCUT2D eigenvalue weighted by Gasteiger charge is 2.58. The number of ether oxygens (including phenoxy) is 1. The summed E-state index contributed by atoms with van der Waals surface area (Å²) in [4.78, 5) is 35.2. The molecule has 2 unspecified atom stereocenters. The monoisotopic (exact) mass is 478 g/mol. The molecule has 182 valence electrons. The first-order valence-corrected chi connectivity index (χ1v) is 10.6. The second-order valence-electron chi connectivity index (χ2n) is 8.49. The molecule has 0 heterocycles. The van der Waals surface area contributed by atoms with E-state index in [2.05, 4.69) is 5.32 Å². The fourth-order valence-corrected chi connectivity index (χ4v) is 3.87. The molecule has 3 rings (SSSR count). The van der Waals surface area contributed by atoms with Crippen molar-refractivity contribution in [2.75, 3.05) is 13.2 Å². The summed E-state index contributed by atoms with van der Waals surface area (Å²) in [6.07, 6.45) is -6.31. The highest BCUT2D eigenvalue weighted by molar-refractivity contribution is 5.87. The van der Waals surface area contributed by atoms with Gasteiger partial charge in [-0.1, -0.05) is 55.5 Å². The summed E-state index contributed by atoms with van der Waals surface area (Å²) in [5.74, 6) is -3.99. The van der Waals surface area contributed by atoms with Crippen LogP contribution in [0.15, 0.2) is 48.5 Å². The zero-order chi connectivity index (χ0) is 25.1. The number of carbonyl (C=O) groups is 3. The van der Waals surface area contributed by atoms with Crippen molar-refractivity contribution in [3.63, 3.8) is 0 Å². The van der Waals surface area contributed by atoms with Crippen molar-refractivity contribution < 1.29 is 37.4 Å². The van der Waals surface area contributed by atoms with Gasteiger partial charge in [-0.3, -0.25) is 4.79 Å². The standard InChI is InChI=1S/C24H25F3N2O5/c1-14(11-20(30)29-23(2,21(31)32)24(25,26)27)12-28-22(33)34-13-19-17-9-5-3-7-15(17)16-8-4-6-10-18(16)19/h3-10,14,19H,11-13H2,1-2H3,(H,28,33)(H,29,30)(H,31,32). The summed E-state index contributed by atoms with van der Waals surface area (Å²) in [5, 5.41) is 12.9. The van der Waals surface area contributed by atoms with Gasteiger partial charge in [-0.05, 0) is 35.1 Å². The molecule has 0 radical (unpaired) electrons. The van der Waals surface area contributed by atoms with E-state index in [1.165, 1.54) is 12.2 Å². The van der Waals surface area contributed by atoms with Gasteiger partial charge in [0.15, 0.2) is 0 Å². The fourth-order valence-electron chi connectivity index (χ4n) is 3.87. The van der Waals surface area contributed by atoms with Gasteiger partial charge in [0.2, 0.25) is 11.4 Å². The highest BCUT2D eigenvalue weighted by Crippen LogP contribution is 2.44. The minimum absolute atomic E-state index is 0.0418. The van der Waals surface area contributed by atoms with Crippen molar-refractivity contribution in [2.24, 2.45) is 5.92 Å². The molecule has 0 aliphatic heterocycles. The summed E-state index contributed by atoms with van der Waals surface area (Å²) in [6, 6.07) is 15.7. The normalized spacial score (nSPS) is 15.4. The summed E-state index contributed by atoms with van der Waals surface area (Å²) in [6.45, 7) is 1.97. The number of carbonyl (C=O) groups excluding carboxylic acids is 2. The van der Waals surface area contributed by atoms with Crippen LogP contribution in [0.3, 0.4) is 0 Å². The Morgan fingerprint density at radius 3 is 2.06 bits per heavy atom. The van der Waals surface area contributed by atoms with Crippen LogP contribution in [0, 0.1) is 5.92 Å². The predicted octanol–water partition coefficient (Wildman–Crippen LogP) is 4.07. The first-order valence-electron chi connectivity index (χ1n) is 10.6. The van der Waals surface area contributed by atoms with E-state index in [4.69, 9.17) is 9.84 Å². The lowest BCUT2D eigenvalue weighted by atomic mass is 9.98. The number of aliphatic carboxylic acids is 1. The average Bonchev–Trinajstić information content (AvgIpc) is 3.09. The number of nitrogens with one attached hydrogen (secondary N) is 2. The van der Waals surface area contributed by atoms with Gasteiger partial charge in [-0.2, -0.15) is 13.2 Å². The molecule has 34 heavy (non-hydrogen) atoms. The molecule has 0 spiro atoms. The first-order chi connectivity index (χ1) is 15.9. The third-order valence-corrected chi connectivity index (χ3v) is 5.86. The van der Waals surface area contributed by atoms with Crippen LogP contribution in [0.2, 0.25) is 0 Å². The molecule has 2 aromatic rings. The Kier molecular flexibility index (Phi) is 7.18. The highest BCUT2D eigenvalue weighted by atomic mass is 19.4. The van der Waals surface area contributed by atoms with E-state index in [0.29, 0.717) is 6.92 Å². The number of hydrogen-bond acceptors (Lipinski definition) is 4. The van der Waals surface area contributed by atoms with Gasteiger partial charge in [0.05, 0.1) is 0 Å². The minimum atomic E-state index is -5.17. The lowest BCUT2D eigenvalue weighted by Gasteiger charge is -2.29. The summed E-state index contributed by atoms with van der Waals surface area (Å²) >= 11 is 0. The second kappa shape index (κ2) is 9.74. The van der Waals surface area contributed by atoms with E-state index >= 15 is 0 Å². The van der Waals surface area contributed by atoms with Crippen LogP contribution in [0.4, 0.5) is 18.0 Å². The largest absolute Gasteiger partial charge is 0.479 e. The van der Waals surface area contributed by atoms with Gasteiger partial charge in [0.1, 0.15) is 6.61 Å². The van der Waals surface area contributed by atoms with E-state index < -0.39 is 42.0 Å². The van der Waals surface area contributed by atoms with Crippen LogP contribution in [0.1, 0.15) is 37.3 Å². The second-order valence-corrected chi connectivity index (χ2v) is 8.49. The van der Waals surface area contributed by atoms with Crippen molar-refractivity contribution in [3.05, 3.63) is 59.7 Å². The Morgan fingerprint density at radius 2 is 1.56 bits per heavy atom. The van der Waals surface area contributed by atoms with Gasteiger partial charge in [0.25, 0.3) is 0 Å². The van der Waals surface area contributed by atoms with Crippen molar-refractivity contribution in [3.8, 4) is 11.1 Å². The summed E-state index contributed by atoms with van der Waals surface area (Å²) < 4.78 is 44.5. The number of benzene rings is 2. The van der Waals surface area contributed by atoms with E-state index in [1.807, 2.05) is 48.5 Å². The Balaban J connectivity index is 1.50. The number of rotatable bonds is 8.